The van der Waals surface area contributed by atoms with Crippen LogP contribution in [0.3, 0.4) is 0 Å². The molecule has 0 saturated carbocycles. The summed E-state index contributed by atoms with van der Waals surface area (Å²) in [6.07, 6.45) is 1.30. The molecule has 0 bridgehead atoms. The van der Waals surface area contributed by atoms with E-state index in [0.717, 1.165) is 5.56 Å². The van der Waals surface area contributed by atoms with Crippen molar-refractivity contribution in [2.24, 2.45) is 0 Å². The van der Waals surface area contributed by atoms with E-state index < -0.39 is 0 Å². The number of ether oxygens (including phenoxy) is 2. The molecule has 1 aliphatic rings. The van der Waals surface area contributed by atoms with Gasteiger partial charge in [-0.15, -0.1) is 0 Å². The fourth-order valence-corrected chi connectivity index (χ4v) is 2.56. The third-order valence-corrected chi connectivity index (χ3v) is 3.87. The molecule has 6 heteroatoms. The Hall–Kier alpha value is -3.28. The molecule has 3 rings (SSSR count). The Kier molecular flexibility index (Phi) is 4.70. The number of hydrogen-bond donors (Lipinski definition) is 1. The molecule has 0 aliphatic carbocycles. The average molecular weight is 338 g/mol. The van der Waals surface area contributed by atoms with Crippen LogP contribution in [0.2, 0.25) is 0 Å². The fourth-order valence-electron chi connectivity index (χ4n) is 2.56. The summed E-state index contributed by atoms with van der Waals surface area (Å²) < 4.78 is 10.5. The topological polar surface area (TPSA) is 67.9 Å². The molecular formula is C19H18N2O4. The first-order valence-corrected chi connectivity index (χ1v) is 7.73. The average Bonchev–Trinajstić information content (AvgIpc) is 2.90. The Morgan fingerprint density at radius 3 is 2.44 bits per heavy atom. The molecule has 0 saturated heterocycles. The summed E-state index contributed by atoms with van der Waals surface area (Å²) in [5, 5.41) is 2.98. The van der Waals surface area contributed by atoms with E-state index in [-0.39, 0.29) is 24.1 Å². The molecule has 0 unspecified atom stereocenters. The maximum absolute atomic E-state index is 12.6. The lowest BCUT2D eigenvalue weighted by atomic mass is 10.2. The van der Waals surface area contributed by atoms with Crippen LogP contribution in [0.25, 0.3) is 0 Å². The maximum Gasteiger partial charge on any atom is 0.277 e. The molecule has 6 nitrogen and oxygen atoms in total. The van der Waals surface area contributed by atoms with Gasteiger partial charge in [0.15, 0.2) is 0 Å². The number of carbonyl (C=O) groups excluding carboxylic acids is 2. The molecular weight excluding hydrogens is 320 g/mol. The van der Waals surface area contributed by atoms with E-state index >= 15 is 0 Å². The quantitative estimate of drug-likeness (QED) is 0.820. The number of rotatable bonds is 6. The molecule has 2 amide bonds. The molecule has 0 fully saturated rings. The second-order valence-electron chi connectivity index (χ2n) is 5.46. The van der Waals surface area contributed by atoms with Gasteiger partial charge >= 0.3 is 0 Å². The van der Waals surface area contributed by atoms with Crippen molar-refractivity contribution in [1.82, 2.24) is 4.90 Å². The summed E-state index contributed by atoms with van der Waals surface area (Å²) in [7, 11) is 3.09. The Labute approximate surface area is 145 Å². The number of hydrogen-bond acceptors (Lipinski definition) is 5. The molecule has 1 N–H and O–H groups in total. The van der Waals surface area contributed by atoms with Gasteiger partial charge in [0.1, 0.15) is 17.2 Å². The molecule has 0 radical (unpaired) electrons. The van der Waals surface area contributed by atoms with E-state index in [9.17, 15) is 9.59 Å². The van der Waals surface area contributed by atoms with Crippen LogP contribution >= 0.6 is 0 Å². The van der Waals surface area contributed by atoms with E-state index in [2.05, 4.69) is 5.32 Å². The second-order valence-corrected chi connectivity index (χ2v) is 5.46. The Morgan fingerprint density at radius 2 is 1.76 bits per heavy atom. The van der Waals surface area contributed by atoms with Gasteiger partial charge in [0.05, 0.1) is 26.5 Å². The lowest BCUT2D eigenvalue weighted by Gasteiger charge is -2.16. The van der Waals surface area contributed by atoms with Gasteiger partial charge in [0, 0.05) is 12.1 Å². The zero-order chi connectivity index (χ0) is 17.8. The highest BCUT2D eigenvalue weighted by molar-refractivity contribution is 6.17. The van der Waals surface area contributed by atoms with Gasteiger partial charge in [-0.3, -0.25) is 14.5 Å². The molecule has 0 spiro atoms. The first kappa shape index (κ1) is 16.6. The summed E-state index contributed by atoms with van der Waals surface area (Å²) in [4.78, 5) is 25.9. The van der Waals surface area contributed by atoms with Crippen molar-refractivity contribution in [3.05, 3.63) is 65.9 Å². The van der Waals surface area contributed by atoms with Crippen LogP contribution in [0.4, 0.5) is 5.69 Å². The van der Waals surface area contributed by atoms with Crippen LogP contribution in [-0.4, -0.2) is 30.9 Å². The molecule has 2 aromatic carbocycles. The lowest BCUT2D eigenvalue weighted by Crippen LogP contribution is -2.31. The molecule has 128 valence electrons. The number of amides is 2. The zero-order valence-corrected chi connectivity index (χ0v) is 14.0. The predicted molar refractivity (Wildman–Crippen MR) is 93.3 cm³/mol. The van der Waals surface area contributed by atoms with E-state index in [0.29, 0.717) is 17.2 Å². The van der Waals surface area contributed by atoms with Crippen molar-refractivity contribution >= 4 is 17.5 Å². The number of carbonyl (C=O) groups is 2. The number of imide groups is 1. The maximum atomic E-state index is 12.6. The highest BCUT2D eigenvalue weighted by Gasteiger charge is 2.31. The third kappa shape index (κ3) is 3.47. The standard InChI is InChI=1S/C19H18N2O4/c1-24-14-8-9-15(17(10-14)25-2)20-16-11-18(22)21(19(16)23)12-13-6-4-3-5-7-13/h3-11,20H,12H2,1-2H3. The molecule has 0 atom stereocenters. The minimum absolute atomic E-state index is 0.212. The van der Waals surface area contributed by atoms with Crippen molar-refractivity contribution in [2.75, 3.05) is 19.5 Å². The first-order chi connectivity index (χ1) is 12.1. The van der Waals surface area contributed by atoms with Crippen LogP contribution in [0.1, 0.15) is 5.56 Å². The molecule has 0 aromatic heterocycles. The summed E-state index contributed by atoms with van der Waals surface area (Å²) in [5.41, 5.74) is 1.68. The summed E-state index contributed by atoms with van der Waals surface area (Å²) in [6, 6.07) is 14.6. The van der Waals surface area contributed by atoms with Gasteiger partial charge in [-0.05, 0) is 17.7 Å². The number of anilines is 1. The van der Waals surface area contributed by atoms with Crippen molar-refractivity contribution < 1.29 is 19.1 Å². The third-order valence-electron chi connectivity index (χ3n) is 3.87. The SMILES string of the molecule is COc1ccc(NC2=CC(=O)N(Cc3ccccc3)C2=O)c(OC)c1. The molecule has 1 heterocycles. The highest BCUT2D eigenvalue weighted by atomic mass is 16.5. The minimum Gasteiger partial charge on any atom is -0.497 e. The van der Waals surface area contributed by atoms with Crippen molar-refractivity contribution in [3.63, 3.8) is 0 Å². The molecule has 2 aromatic rings. The van der Waals surface area contributed by atoms with Crippen molar-refractivity contribution in [1.29, 1.82) is 0 Å². The van der Waals surface area contributed by atoms with Crippen LogP contribution < -0.4 is 14.8 Å². The Morgan fingerprint density at radius 1 is 1.00 bits per heavy atom. The largest absolute Gasteiger partial charge is 0.497 e. The van der Waals surface area contributed by atoms with Gasteiger partial charge in [-0.2, -0.15) is 0 Å². The summed E-state index contributed by atoms with van der Waals surface area (Å²) in [5.74, 6) is 0.438. The van der Waals surface area contributed by atoms with Gasteiger partial charge in [0.2, 0.25) is 0 Å². The van der Waals surface area contributed by atoms with E-state index in [1.165, 1.54) is 18.1 Å². The number of methoxy groups -OCH3 is 2. The highest BCUT2D eigenvalue weighted by Crippen LogP contribution is 2.31. The van der Waals surface area contributed by atoms with Crippen LogP contribution in [-0.2, 0) is 16.1 Å². The van der Waals surface area contributed by atoms with E-state index in [1.807, 2.05) is 30.3 Å². The molecule has 1 aliphatic heterocycles. The predicted octanol–water partition coefficient (Wildman–Crippen LogP) is 2.57. The smallest absolute Gasteiger partial charge is 0.277 e. The van der Waals surface area contributed by atoms with Gasteiger partial charge in [-0.25, -0.2) is 0 Å². The number of benzene rings is 2. The normalized spacial score (nSPS) is 13.7. The molecule has 25 heavy (non-hydrogen) atoms. The van der Waals surface area contributed by atoms with Crippen LogP contribution in [0.5, 0.6) is 11.5 Å². The van der Waals surface area contributed by atoms with Crippen molar-refractivity contribution in [2.45, 2.75) is 6.54 Å². The van der Waals surface area contributed by atoms with Gasteiger partial charge in [0.25, 0.3) is 11.8 Å². The van der Waals surface area contributed by atoms with Crippen LogP contribution in [0.15, 0.2) is 60.3 Å². The lowest BCUT2D eigenvalue weighted by molar-refractivity contribution is -0.137. The first-order valence-electron chi connectivity index (χ1n) is 7.73. The van der Waals surface area contributed by atoms with E-state index in [1.54, 1.807) is 25.3 Å². The van der Waals surface area contributed by atoms with Gasteiger partial charge < -0.3 is 14.8 Å². The monoisotopic (exact) mass is 338 g/mol. The summed E-state index contributed by atoms with van der Waals surface area (Å²) >= 11 is 0. The Bertz CT molecular complexity index is 831. The summed E-state index contributed by atoms with van der Waals surface area (Å²) in [6.45, 7) is 0.236. The Balaban J connectivity index is 1.77. The van der Waals surface area contributed by atoms with Crippen LogP contribution in [0, 0.1) is 0 Å². The number of nitrogens with one attached hydrogen (secondary N) is 1. The fraction of sp³-hybridized carbons (Fsp3) is 0.158. The zero-order valence-electron chi connectivity index (χ0n) is 14.0. The van der Waals surface area contributed by atoms with E-state index in [4.69, 9.17) is 9.47 Å². The second kappa shape index (κ2) is 7.09. The minimum atomic E-state index is -0.369. The van der Waals surface area contributed by atoms with Gasteiger partial charge in [-0.1, -0.05) is 30.3 Å². The number of nitrogens with zero attached hydrogens (tertiary/aromatic N) is 1. The van der Waals surface area contributed by atoms with Crippen molar-refractivity contribution in [3.8, 4) is 11.5 Å².